The van der Waals surface area contributed by atoms with Crippen LogP contribution in [-0.2, 0) is 6.42 Å². The van der Waals surface area contributed by atoms with Crippen LogP contribution in [0.2, 0.25) is 0 Å². The highest BCUT2D eigenvalue weighted by molar-refractivity contribution is 5.80. The molecule has 0 aliphatic carbocycles. The van der Waals surface area contributed by atoms with E-state index in [1.807, 2.05) is 0 Å². The third kappa shape index (κ3) is 5.20. The maximum absolute atomic E-state index is 13.6. The van der Waals surface area contributed by atoms with Gasteiger partial charge in [-0.1, -0.05) is 12.1 Å². The van der Waals surface area contributed by atoms with Crippen LogP contribution in [0.1, 0.15) is 24.1 Å². The van der Waals surface area contributed by atoms with Gasteiger partial charge in [0.1, 0.15) is 11.6 Å². The lowest BCUT2D eigenvalue weighted by Gasteiger charge is -2.18. The van der Waals surface area contributed by atoms with Crippen molar-refractivity contribution in [1.29, 1.82) is 0 Å². The van der Waals surface area contributed by atoms with E-state index in [-0.39, 0.29) is 6.04 Å². The van der Waals surface area contributed by atoms with Crippen LogP contribution in [0, 0.1) is 23.3 Å². The number of aliphatic imine (C=N–C) groups is 1. The van der Waals surface area contributed by atoms with Gasteiger partial charge in [0.25, 0.3) is 0 Å². The van der Waals surface area contributed by atoms with Crippen molar-refractivity contribution in [2.45, 2.75) is 19.4 Å². The minimum absolute atomic E-state index is 0.316. The smallest absolute Gasteiger partial charge is 0.191 e. The molecule has 0 amide bonds. The second-order valence-corrected chi connectivity index (χ2v) is 5.52. The highest BCUT2D eigenvalue weighted by Crippen LogP contribution is 2.15. The van der Waals surface area contributed by atoms with Crippen LogP contribution in [0.5, 0.6) is 0 Å². The molecule has 2 rings (SSSR count). The summed E-state index contributed by atoms with van der Waals surface area (Å²) in [5, 5.41) is 6.03. The van der Waals surface area contributed by atoms with Gasteiger partial charge < -0.3 is 10.6 Å². The van der Waals surface area contributed by atoms with Gasteiger partial charge in [-0.2, -0.15) is 0 Å². The van der Waals surface area contributed by atoms with Crippen LogP contribution >= 0.6 is 0 Å². The quantitative estimate of drug-likeness (QED) is 0.488. The Balaban J connectivity index is 1.90. The van der Waals surface area contributed by atoms with E-state index in [1.165, 1.54) is 18.2 Å². The van der Waals surface area contributed by atoms with Crippen molar-refractivity contribution in [2.75, 3.05) is 13.6 Å². The Bertz CT molecular complexity index is 762. The molecule has 134 valence electrons. The van der Waals surface area contributed by atoms with Crippen molar-refractivity contribution in [3.8, 4) is 0 Å². The molecule has 0 spiro atoms. The zero-order valence-corrected chi connectivity index (χ0v) is 13.9. The van der Waals surface area contributed by atoms with Crippen molar-refractivity contribution in [2.24, 2.45) is 4.99 Å². The van der Waals surface area contributed by atoms with Crippen LogP contribution in [0.15, 0.2) is 41.4 Å². The van der Waals surface area contributed by atoms with Crippen molar-refractivity contribution in [3.63, 3.8) is 0 Å². The van der Waals surface area contributed by atoms with Crippen molar-refractivity contribution >= 4 is 5.96 Å². The monoisotopic (exact) mass is 353 g/mol. The van der Waals surface area contributed by atoms with Crippen LogP contribution in [0.25, 0.3) is 0 Å². The van der Waals surface area contributed by atoms with E-state index in [9.17, 15) is 17.6 Å². The van der Waals surface area contributed by atoms with E-state index < -0.39 is 23.3 Å². The Morgan fingerprint density at radius 1 is 1.00 bits per heavy atom. The fourth-order valence-corrected chi connectivity index (χ4v) is 2.30. The summed E-state index contributed by atoms with van der Waals surface area (Å²) < 4.78 is 52.7. The fourth-order valence-electron chi connectivity index (χ4n) is 2.30. The molecule has 3 nitrogen and oxygen atoms in total. The second kappa shape index (κ2) is 8.50. The largest absolute Gasteiger partial charge is 0.356 e. The Morgan fingerprint density at radius 3 is 2.40 bits per heavy atom. The summed E-state index contributed by atoms with van der Waals surface area (Å²) in [6.45, 7) is 2.14. The number of guanidine groups is 1. The van der Waals surface area contributed by atoms with E-state index >= 15 is 0 Å². The number of rotatable bonds is 5. The predicted molar refractivity (Wildman–Crippen MR) is 89.3 cm³/mol. The third-order valence-corrected chi connectivity index (χ3v) is 3.72. The number of hydrogen-bond acceptors (Lipinski definition) is 1. The molecule has 0 aliphatic rings. The summed E-state index contributed by atoms with van der Waals surface area (Å²) in [6, 6.07) is 6.79. The number of hydrogen-bond donors (Lipinski definition) is 2. The molecule has 0 heterocycles. The zero-order chi connectivity index (χ0) is 18.4. The topological polar surface area (TPSA) is 36.4 Å². The normalized spacial score (nSPS) is 12.8. The van der Waals surface area contributed by atoms with Gasteiger partial charge in [-0.25, -0.2) is 17.6 Å². The molecule has 2 aromatic rings. The maximum Gasteiger partial charge on any atom is 0.191 e. The van der Waals surface area contributed by atoms with E-state index in [1.54, 1.807) is 14.0 Å². The molecular formula is C18H19F4N3. The summed E-state index contributed by atoms with van der Waals surface area (Å²) in [6.07, 6.45) is 0.340. The maximum atomic E-state index is 13.6. The molecule has 2 aromatic carbocycles. The molecule has 1 atom stereocenters. The highest BCUT2D eigenvalue weighted by Gasteiger charge is 2.11. The van der Waals surface area contributed by atoms with Gasteiger partial charge in [0, 0.05) is 19.7 Å². The summed E-state index contributed by atoms with van der Waals surface area (Å²) in [4.78, 5) is 4.03. The first-order chi connectivity index (χ1) is 11.9. The Kier molecular flexibility index (Phi) is 6.38. The Morgan fingerprint density at radius 2 is 1.76 bits per heavy atom. The van der Waals surface area contributed by atoms with Gasteiger partial charge in [0.2, 0.25) is 0 Å². The van der Waals surface area contributed by atoms with E-state index in [0.717, 1.165) is 18.2 Å². The van der Waals surface area contributed by atoms with Gasteiger partial charge in [-0.05, 0) is 42.7 Å². The lowest BCUT2D eigenvalue weighted by atomic mass is 10.1. The van der Waals surface area contributed by atoms with Crippen LogP contribution in [0.3, 0.4) is 0 Å². The zero-order valence-electron chi connectivity index (χ0n) is 13.9. The van der Waals surface area contributed by atoms with Gasteiger partial charge in [0.05, 0.1) is 6.04 Å². The average molecular weight is 353 g/mol. The summed E-state index contributed by atoms with van der Waals surface area (Å²) in [5.41, 5.74) is 0.949. The lowest BCUT2D eigenvalue weighted by Crippen LogP contribution is -2.39. The molecule has 0 bridgehead atoms. The van der Waals surface area contributed by atoms with Crippen molar-refractivity contribution < 1.29 is 17.6 Å². The lowest BCUT2D eigenvalue weighted by molar-refractivity contribution is 0.504. The fraction of sp³-hybridized carbons (Fsp3) is 0.278. The molecule has 0 aromatic heterocycles. The Labute approximate surface area is 143 Å². The average Bonchev–Trinajstić information content (AvgIpc) is 2.58. The molecule has 0 fully saturated rings. The van der Waals surface area contributed by atoms with Crippen molar-refractivity contribution in [3.05, 3.63) is 70.8 Å². The first-order valence-corrected chi connectivity index (χ1v) is 7.76. The highest BCUT2D eigenvalue weighted by atomic mass is 19.2. The molecule has 7 heteroatoms. The van der Waals surface area contributed by atoms with Gasteiger partial charge >= 0.3 is 0 Å². The minimum Gasteiger partial charge on any atom is -0.356 e. The molecule has 0 saturated carbocycles. The van der Waals surface area contributed by atoms with Crippen LogP contribution in [0.4, 0.5) is 17.6 Å². The van der Waals surface area contributed by atoms with Crippen LogP contribution in [-0.4, -0.2) is 19.6 Å². The summed E-state index contributed by atoms with van der Waals surface area (Å²) >= 11 is 0. The van der Waals surface area contributed by atoms with Crippen LogP contribution < -0.4 is 10.6 Å². The van der Waals surface area contributed by atoms with E-state index in [2.05, 4.69) is 15.6 Å². The van der Waals surface area contributed by atoms with Gasteiger partial charge in [0.15, 0.2) is 17.6 Å². The predicted octanol–water partition coefficient (Wildman–Crippen LogP) is 3.71. The number of benzene rings is 2. The Hall–Kier alpha value is -2.57. The van der Waals surface area contributed by atoms with E-state index in [0.29, 0.717) is 30.1 Å². The second-order valence-electron chi connectivity index (χ2n) is 5.52. The van der Waals surface area contributed by atoms with Gasteiger partial charge in [-0.3, -0.25) is 4.99 Å². The molecule has 1 unspecified atom stereocenters. The first kappa shape index (κ1) is 18.8. The standard InChI is InChI=1S/C18H19F4N3/c1-11(13-4-6-15(20)17(22)9-13)25-18(23-2)24-8-7-12-3-5-14(19)10-16(12)21/h3-6,9-11H,7-8H2,1-2H3,(H2,23,24,25). The number of nitrogens with one attached hydrogen (secondary N) is 2. The molecule has 25 heavy (non-hydrogen) atoms. The first-order valence-electron chi connectivity index (χ1n) is 7.76. The molecule has 0 radical (unpaired) electrons. The summed E-state index contributed by atoms with van der Waals surface area (Å²) in [7, 11) is 1.56. The minimum atomic E-state index is -0.916. The summed E-state index contributed by atoms with van der Waals surface area (Å²) in [5.74, 6) is -2.60. The van der Waals surface area contributed by atoms with Crippen molar-refractivity contribution in [1.82, 2.24) is 10.6 Å². The van der Waals surface area contributed by atoms with E-state index in [4.69, 9.17) is 0 Å². The molecule has 2 N–H and O–H groups in total. The molecule has 0 saturated heterocycles. The van der Waals surface area contributed by atoms with Gasteiger partial charge in [-0.15, -0.1) is 0 Å². The molecule has 0 aliphatic heterocycles. The number of nitrogens with zero attached hydrogens (tertiary/aromatic N) is 1. The SMILES string of the molecule is CN=C(NCCc1ccc(F)cc1F)NC(C)c1ccc(F)c(F)c1. The molecular weight excluding hydrogens is 334 g/mol. The third-order valence-electron chi connectivity index (χ3n) is 3.72. The number of halogens is 4.